The first-order valence-corrected chi connectivity index (χ1v) is 8.18. The highest BCUT2D eigenvalue weighted by Gasteiger charge is 2.24. The largest absolute Gasteiger partial charge is 0.433 e. The van der Waals surface area contributed by atoms with Gasteiger partial charge in [0.2, 0.25) is 0 Å². The molecule has 0 saturated heterocycles. The van der Waals surface area contributed by atoms with Crippen molar-refractivity contribution in [2.24, 2.45) is 0 Å². The van der Waals surface area contributed by atoms with E-state index in [-0.39, 0.29) is 5.75 Å². The maximum atomic E-state index is 13.2. The van der Waals surface area contributed by atoms with Gasteiger partial charge in [0.1, 0.15) is 5.75 Å². The lowest BCUT2D eigenvalue weighted by atomic mass is 10.2. The van der Waals surface area contributed by atoms with E-state index in [4.69, 9.17) is 16.3 Å². The molecule has 4 rings (SSSR count). The Bertz CT molecular complexity index is 1140. The fourth-order valence-electron chi connectivity index (χ4n) is 2.84. The van der Waals surface area contributed by atoms with Crippen LogP contribution in [0.15, 0.2) is 42.5 Å². The van der Waals surface area contributed by atoms with Gasteiger partial charge in [-0.15, -0.1) is 10.2 Å². The van der Waals surface area contributed by atoms with E-state index >= 15 is 0 Å². The van der Waals surface area contributed by atoms with Crippen LogP contribution in [0, 0.1) is 6.92 Å². The van der Waals surface area contributed by atoms with Gasteiger partial charge in [0.05, 0.1) is 21.7 Å². The van der Waals surface area contributed by atoms with Gasteiger partial charge in [0, 0.05) is 18.6 Å². The molecule has 0 atom stereocenters. The molecule has 0 aliphatic carbocycles. The summed E-state index contributed by atoms with van der Waals surface area (Å²) >= 11 is 6.30. The Balaban J connectivity index is 2.04. The first-order valence-electron chi connectivity index (χ1n) is 7.81. The van der Waals surface area contributed by atoms with E-state index in [0.717, 1.165) is 0 Å². The third-order valence-electron chi connectivity index (χ3n) is 3.87. The number of rotatable bonds is 3. The molecular weight excluding hydrogens is 362 g/mol. The van der Waals surface area contributed by atoms with Gasteiger partial charge in [0.15, 0.2) is 11.5 Å². The first kappa shape index (κ1) is 16.7. The maximum absolute atomic E-state index is 13.2. The summed E-state index contributed by atoms with van der Waals surface area (Å²) < 4.78 is 32.9. The molecule has 8 heteroatoms. The summed E-state index contributed by atoms with van der Waals surface area (Å²) in [6.45, 7) is 2.50. The molecule has 0 radical (unpaired) electrons. The van der Waals surface area contributed by atoms with Crippen molar-refractivity contribution in [2.45, 2.75) is 20.0 Å². The molecule has 0 saturated carbocycles. The smallest absolute Gasteiger partial charge is 0.394 e. The number of aromatic nitrogens is 4. The van der Waals surface area contributed by atoms with E-state index in [0.29, 0.717) is 45.7 Å². The molecule has 0 N–H and O–H groups in total. The summed E-state index contributed by atoms with van der Waals surface area (Å²) in [4.78, 5) is 4.47. The second-order valence-electron chi connectivity index (χ2n) is 5.92. The average molecular weight is 375 g/mol. The molecule has 26 heavy (non-hydrogen) atoms. The van der Waals surface area contributed by atoms with Crippen LogP contribution < -0.4 is 4.74 Å². The molecule has 132 valence electrons. The molecule has 2 aromatic heterocycles. The molecule has 0 fully saturated rings. The highest BCUT2D eigenvalue weighted by molar-refractivity contribution is 6.33. The Morgan fingerprint density at radius 3 is 2.62 bits per heavy atom. The number of ether oxygens (including phenoxy) is 1. The molecule has 5 nitrogen and oxygen atoms in total. The molecule has 0 spiro atoms. The Labute approximate surface area is 152 Å². The number of fused-ring (bicyclic) bond motifs is 3. The van der Waals surface area contributed by atoms with Gasteiger partial charge in [-0.05, 0) is 31.2 Å². The molecule has 4 aromatic rings. The van der Waals surface area contributed by atoms with Crippen molar-refractivity contribution in [3.8, 4) is 17.1 Å². The minimum Gasteiger partial charge on any atom is -0.433 e. The quantitative estimate of drug-likeness (QED) is 0.512. The number of benzene rings is 2. The fraction of sp³-hybridized carbons (Fsp3) is 0.167. The van der Waals surface area contributed by atoms with Crippen molar-refractivity contribution >= 4 is 28.3 Å². The number of aryl methyl sites for hydroxylation is 1. The van der Waals surface area contributed by atoms with Crippen molar-refractivity contribution in [2.75, 3.05) is 0 Å². The second-order valence-corrected chi connectivity index (χ2v) is 6.33. The zero-order valence-corrected chi connectivity index (χ0v) is 14.6. The van der Waals surface area contributed by atoms with E-state index in [1.807, 2.05) is 25.1 Å². The number of nitrogens with zero attached hydrogens (tertiary/aromatic N) is 4. The van der Waals surface area contributed by atoms with Crippen LogP contribution in [-0.2, 0) is 0 Å². The van der Waals surface area contributed by atoms with Gasteiger partial charge in [-0.2, -0.15) is 8.78 Å². The predicted octanol–water partition coefficient (Wildman–Crippen LogP) is 4.90. The molecule has 0 bridgehead atoms. The number of alkyl halides is 2. The minimum absolute atomic E-state index is 0.0239. The van der Waals surface area contributed by atoms with E-state index < -0.39 is 6.11 Å². The van der Waals surface area contributed by atoms with Crippen LogP contribution in [0.1, 0.15) is 12.6 Å². The van der Waals surface area contributed by atoms with Crippen LogP contribution in [0.2, 0.25) is 5.02 Å². The summed E-state index contributed by atoms with van der Waals surface area (Å²) in [6.07, 6.45) is -3.29. The van der Waals surface area contributed by atoms with Gasteiger partial charge in [-0.25, -0.2) is 4.98 Å². The van der Waals surface area contributed by atoms with E-state index in [9.17, 15) is 8.78 Å². The molecule has 0 aliphatic rings. The van der Waals surface area contributed by atoms with Gasteiger partial charge in [-0.3, -0.25) is 4.40 Å². The third kappa shape index (κ3) is 2.84. The van der Waals surface area contributed by atoms with E-state index in [1.165, 1.54) is 12.1 Å². The lowest BCUT2D eigenvalue weighted by molar-refractivity contribution is -0.158. The fourth-order valence-corrected chi connectivity index (χ4v) is 3.06. The van der Waals surface area contributed by atoms with Gasteiger partial charge >= 0.3 is 6.11 Å². The van der Waals surface area contributed by atoms with Crippen molar-refractivity contribution < 1.29 is 13.5 Å². The third-order valence-corrected chi connectivity index (χ3v) is 4.20. The standard InChI is InChI=1S/C18H13ClF2N4O/c1-10-16-23-24-17(12-5-3-4-6-13(12)19)25(16)15-9-11(26-18(2,20)21)7-8-14(15)22-10/h3-9H,1-2H3. The average Bonchev–Trinajstić information content (AvgIpc) is 3.00. The Kier molecular flexibility index (Phi) is 3.77. The normalized spacial score (nSPS) is 12.0. The molecule has 0 amide bonds. The van der Waals surface area contributed by atoms with Gasteiger partial charge in [-0.1, -0.05) is 23.7 Å². The summed E-state index contributed by atoms with van der Waals surface area (Å²) in [5.74, 6) is 0.525. The molecule has 2 heterocycles. The van der Waals surface area contributed by atoms with Crippen LogP contribution in [0.5, 0.6) is 5.75 Å². The second kappa shape index (κ2) is 5.88. The van der Waals surface area contributed by atoms with E-state index in [2.05, 4.69) is 15.2 Å². The van der Waals surface area contributed by atoms with Gasteiger partial charge < -0.3 is 4.74 Å². The Morgan fingerprint density at radius 1 is 1.12 bits per heavy atom. The van der Waals surface area contributed by atoms with Crippen molar-refractivity contribution in [3.63, 3.8) is 0 Å². The molecule has 2 aromatic carbocycles. The van der Waals surface area contributed by atoms with E-state index in [1.54, 1.807) is 16.5 Å². The highest BCUT2D eigenvalue weighted by Crippen LogP contribution is 2.31. The molecule has 0 unspecified atom stereocenters. The lowest BCUT2D eigenvalue weighted by Crippen LogP contribution is -2.19. The summed E-state index contributed by atoms with van der Waals surface area (Å²) in [5, 5.41) is 8.95. The lowest BCUT2D eigenvalue weighted by Gasteiger charge is -2.14. The zero-order chi connectivity index (χ0) is 18.5. The number of hydrogen-bond donors (Lipinski definition) is 0. The summed E-state index contributed by atoms with van der Waals surface area (Å²) in [5.41, 5.74) is 3.02. The van der Waals surface area contributed by atoms with Crippen LogP contribution in [0.3, 0.4) is 0 Å². The van der Waals surface area contributed by atoms with Crippen molar-refractivity contribution in [1.29, 1.82) is 0 Å². The zero-order valence-electron chi connectivity index (χ0n) is 13.9. The minimum atomic E-state index is -3.29. The topological polar surface area (TPSA) is 52.3 Å². The molecular formula is C18H13ClF2N4O. The SMILES string of the molecule is Cc1nc2ccc(OC(C)(F)F)cc2n2c(-c3ccccc3Cl)nnc12. The Hall–Kier alpha value is -2.80. The van der Waals surface area contributed by atoms with Crippen molar-refractivity contribution in [1.82, 2.24) is 19.6 Å². The number of halogens is 3. The Morgan fingerprint density at radius 2 is 1.88 bits per heavy atom. The predicted molar refractivity (Wildman–Crippen MR) is 94.7 cm³/mol. The molecule has 0 aliphatic heterocycles. The monoisotopic (exact) mass is 374 g/mol. The summed E-state index contributed by atoms with van der Waals surface area (Å²) in [7, 11) is 0. The van der Waals surface area contributed by atoms with Crippen LogP contribution in [0.25, 0.3) is 28.1 Å². The van der Waals surface area contributed by atoms with Gasteiger partial charge in [0.25, 0.3) is 0 Å². The van der Waals surface area contributed by atoms with Crippen molar-refractivity contribution in [3.05, 3.63) is 53.2 Å². The maximum Gasteiger partial charge on any atom is 0.394 e. The number of hydrogen-bond acceptors (Lipinski definition) is 4. The van der Waals surface area contributed by atoms with Crippen LogP contribution in [-0.4, -0.2) is 25.7 Å². The first-order chi connectivity index (χ1) is 12.3. The highest BCUT2D eigenvalue weighted by atomic mass is 35.5. The summed E-state index contributed by atoms with van der Waals surface area (Å²) in [6, 6.07) is 11.8. The van der Waals surface area contributed by atoms with Crippen LogP contribution >= 0.6 is 11.6 Å². The van der Waals surface area contributed by atoms with Crippen LogP contribution in [0.4, 0.5) is 8.78 Å².